The average Bonchev–Trinajstić information content (AvgIpc) is 3.64. The fourth-order valence-electron chi connectivity index (χ4n) is 4.92. The summed E-state index contributed by atoms with van der Waals surface area (Å²) < 4.78 is 17.7. The smallest absolute Gasteiger partial charge is 0.223 e. The molecule has 0 aliphatic carbocycles. The molecule has 1 atom stereocenters. The number of nitrogens with one attached hydrogen (secondary N) is 2. The van der Waals surface area contributed by atoms with E-state index in [4.69, 9.17) is 11.6 Å². The number of hydrogen-bond acceptors (Lipinski definition) is 9. The number of hydrogen-bond donors (Lipinski definition) is 2. The van der Waals surface area contributed by atoms with Crippen LogP contribution >= 0.6 is 22.9 Å². The summed E-state index contributed by atoms with van der Waals surface area (Å²) in [4.78, 5) is 16.2. The summed E-state index contributed by atoms with van der Waals surface area (Å²) in [6.45, 7) is 7.21. The first-order chi connectivity index (χ1) is 19.1. The van der Waals surface area contributed by atoms with Crippen molar-refractivity contribution in [1.29, 1.82) is 0 Å². The number of rotatable bonds is 8. The lowest BCUT2D eigenvalue weighted by Gasteiger charge is -2.33. The van der Waals surface area contributed by atoms with E-state index in [1.807, 2.05) is 30.5 Å². The maximum atomic E-state index is 15.0. The van der Waals surface area contributed by atoms with Crippen molar-refractivity contribution in [3.05, 3.63) is 71.7 Å². The average molecular weight is 564 g/mol. The first-order valence-electron chi connectivity index (χ1n) is 12.8. The highest BCUT2D eigenvalue weighted by Gasteiger charge is 2.23. The van der Waals surface area contributed by atoms with E-state index in [9.17, 15) is 4.39 Å². The molecule has 0 saturated carbocycles. The van der Waals surface area contributed by atoms with E-state index in [0.29, 0.717) is 24.2 Å². The van der Waals surface area contributed by atoms with E-state index in [2.05, 4.69) is 53.8 Å². The summed E-state index contributed by atoms with van der Waals surface area (Å²) in [5.74, 6) is -0.109. The molecule has 1 fully saturated rings. The summed E-state index contributed by atoms with van der Waals surface area (Å²) in [5, 5.41) is 15.8. The Balaban J connectivity index is 1.34. The molecule has 1 aliphatic heterocycles. The van der Waals surface area contributed by atoms with Crippen molar-refractivity contribution >= 4 is 39.0 Å². The van der Waals surface area contributed by atoms with Gasteiger partial charge in [-0.25, -0.2) is 19.3 Å². The van der Waals surface area contributed by atoms with Crippen LogP contribution in [0.4, 0.5) is 10.3 Å². The molecule has 0 spiro atoms. The third-order valence-electron chi connectivity index (χ3n) is 6.96. The lowest BCUT2D eigenvalue weighted by Crippen LogP contribution is -2.44. The van der Waals surface area contributed by atoms with Crippen molar-refractivity contribution in [2.24, 2.45) is 0 Å². The minimum Gasteiger partial charge on any atom is -0.352 e. The molecule has 1 aliphatic rings. The Morgan fingerprint density at radius 1 is 1.15 bits per heavy atom. The molecule has 1 unspecified atom stereocenters. The summed E-state index contributed by atoms with van der Waals surface area (Å²) in [6.07, 6.45) is 6.50. The van der Waals surface area contributed by atoms with Gasteiger partial charge in [0.05, 0.1) is 23.8 Å². The second kappa shape index (κ2) is 11.3. The molecule has 200 valence electrons. The van der Waals surface area contributed by atoms with Gasteiger partial charge in [0.15, 0.2) is 5.82 Å². The number of nitrogens with zero attached hydrogens (tertiary/aromatic N) is 7. The predicted octanol–water partition coefficient (Wildman–Crippen LogP) is 4.88. The van der Waals surface area contributed by atoms with Crippen LogP contribution in [0.15, 0.2) is 55.1 Å². The van der Waals surface area contributed by atoms with Gasteiger partial charge in [-0.2, -0.15) is 0 Å². The third kappa shape index (κ3) is 5.48. The van der Waals surface area contributed by atoms with Gasteiger partial charge in [-0.3, -0.25) is 9.58 Å². The zero-order valence-electron chi connectivity index (χ0n) is 21.3. The Morgan fingerprint density at radius 2 is 2.03 bits per heavy atom. The SMILES string of the molecule is CC(c1cnc(Cl)cc1-c1cccc2cc(-c3nc(NCCn4ccnn4)ncc3F)sc12)N1CCNCC1. The zero-order valence-corrected chi connectivity index (χ0v) is 22.9. The van der Waals surface area contributed by atoms with Gasteiger partial charge in [0.2, 0.25) is 5.95 Å². The molecule has 5 heterocycles. The van der Waals surface area contributed by atoms with Crippen molar-refractivity contribution in [1.82, 2.24) is 40.2 Å². The first-order valence-corrected chi connectivity index (χ1v) is 14.0. The van der Waals surface area contributed by atoms with E-state index in [0.717, 1.165) is 57.8 Å². The third-order valence-corrected chi connectivity index (χ3v) is 8.36. The van der Waals surface area contributed by atoms with Gasteiger partial charge in [0.1, 0.15) is 10.8 Å². The molecule has 9 nitrogen and oxygen atoms in total. The molecule has 12 heteroatoms. The minimum atomic E-state index is -0.468. The van der Waals surface area contributed by atoms with Crippen LogP contribution in [-0.4, -0.2) is 67.6 Å². The van der Waals surface area contributed by atoms with E-state index < -0.39 is 5.82 Å². The summed E-state index contributed by atoms with van der Waals surface area (Å²) in [6, 6.07) is 10.2. The van der Waals surface area contributed by atoms with E-state index in [1.165, 1.54) is 17.5 Å². The first kappa shape index (κ1) is 25.8. The van der Waals surface area contributed by atoms with Crippen LogP contribution in [-0.2, 0) is 6.54 Å². The molecule has 2 N–H and O–H groups in total. The lowest BCUT2D eigenvalue weighted by atomic mass is 9.95. The maximum absolute atomic E-state index is 15.0. The number of halogens is 2. The van der Waals surface area contributed by atoms with Crippen LogP contribution in [0, 0.1) is 5.82 Å². The fourth-order valence-corrected chi connectivity index (χ4v) is 6.26. The fraction of sp³-hybridized carbons (Fsp3) is 0.296. The monoisotopic (exact) mass is 563 g/mol. The molecular formula is C27H27ClFN9S. The minimum absolute atomic E-state index is 0.173. The zero-order chi connectivity index (χ0) is 26.8. The second-order valence-corrected chi connectivity index (χ2v) is 10.8. The Bertz CT molecular complexity index is 1580. The largest absolute Gasteiger partial charge is 0.352 e. The molecule has 6 rings (SSSR count). The van der Waals surface area contributed by atoms with Gasteiger partial charge in [-0.05, 0) is 35.6 Å². The number of aromatic nitrogens is 6. The topological polar surface area (TPSA) is 96.7 Å². The van der Waals surface area contributed by atoms with E-state index >= 15 is 0 Å². The Kier molecular flexibility index (Phi) is 7.47. The Morgan fingerprint density at radius 3 is 2.85 bits per heavy atom. The molecule has 0 radical (unpaired) electrons. The van der Waals surface area contributed by atoms with Crippen LogP contribution in [0.1, 0.15) is 18.5 Å². The van der Waals surface area contributed by atoms with Crippen LogP contribution in [0.3, 0.4) is 0 Å². The molecule has 39 heavy (non-hydrogen) atoms. The van der Waals surface area contributed by atoms with Crippen LogP contribution in [0.5, 0.6) is 0 Å². The predicted molar refractivity (Wildman–Crippen MR) is 152 cm³/mol. The van der Waals surface area contributed by atoms with Crippen molar-refractivity contribution < 1.29 is 4.39 Å². The Labute approximate surface area is 234 Å². The highest BCUT2D eigenvalue weighted by molar-refractivity contribution is 7.22. The number of anilines is 1. The van der Waals surface area contributed by atoms with E-state index in [-0.39, 0.29) is 11.7 Å². The Hall–Kier alpha value is -3.51. The summed E-state index contributed by atoms with van der Waals surface area (Å²) >= 11 is 7.92. The molecule has 1 aromatic carbocycles. The number of piperazine rings is 1. The molecule has 4 aromatic heterocycles. The van der Waals surface area contributed by atoms with Crippen molar-refractivity contribution in [3.8, 4) is 21.7 Å². The normalized spacial score (nSPS) is 15.1. The van der Waals surface area contributed by atoms with E-state index in [1.54, 1.807) is 17.1 Å². The molecule has 5 aromatic rings. The van der Waals surface area contributed by atoms with Gasteiger partial charge in [-0.15, -0.1) is 16.4 Å². The standard InChI is InChI=1S/C27H27ClFN9S/c1-17(37-9-5-30-6-10-37)21-15-32-24(28)14-20(21)19-4-2-3-18-13-23(39-26(18)19)25-22(29)16-33-27(35-25)31-7-11-38-12-8-34-36-38/h2-4,8,12-17,30H,5-7,9-11H2,1H3,(H,31,33,35). The second-order valence-electron chi connectivity index (χ2n) is 9.37. The number of fused-ring (bicyclic) bond motifs is 1. The van der Waals surface area contributed by atoms with Crippen molar-refractivity contribution in [2.75, 3.05) is 38.0 Å². The molecular weight excluding hydrogens is 537 g/mol. The van der Waals surface area contributed by atoms with Gasteiger partial charge >= 0.3 is 0 Å². The highest BCUT2D eigenvalue weighted by Crippen LogP contribution is 2.42. The summed E-state index contributed by atoms with van der Waals surface area (Å²) in [7, 11) is 0. The highest BCUT2D eigenvalue weighted by atomic mass is 35.5. The number of benzene rings is 1. The number of pyridine rings is 1. The molecule has 1 saturated heterocycles. The van der Waals surface area contributed by atoms with Gasteiger partial charge in [-0.1, -0.05) is 35.0 Å². The quantitative estimate of drug-likeness (QED) is 0.258. The molecule has 0 bridgehead atoms. The lowest BCUT2D eigenvalue weighted by molar-refractivity contribution is 0.185. The van der Waals surface area contributed by atoms with Gasteiger partial charge in [0.25, 0.3) is 0 Å². The number of thiophene rings is 1. The maximum Gasteiger partial charge on any atom is 0.223 e. The van der Waals surface area contributed by atoms with Gasteiger partial charge < -0.3 is 10.6 Å². The van der Waals surface area contributed by atoms with Crippen LogP contribution < -0.4 is 10.6 Å². The van der Waals surface area contributed by atoms with Crippen molar-refractivity contribution in [2.45, 2.75) is 19.5 Å². The van der Waals surface area contributed by atoms with Crippen LogP contribution in [0.2, 0.25) is 5.15 Å². The van der Waals surface area contributed by atoms with Crippen LogP contribution in [0.25, 0.3) is 31.8 Å². The van der Waals surface area contributed by atoms with Gasteiger partial charge in [0, 0.05) is 61.4 Å². The van der Waals surface area contributed by atoms with Crippen molar-refractivity contribution in [3.63, 3.8) is 0 Å². The summed E-state index contributed by atoms with van der Waals surface area (Å²) in [5.41, 5.74) is 3.47. The molecule has 0 amide bonds.